The minimum absolute atomic E-state index is 0.455. The lowest BCUT2D eigenvalue weighted by atomic mass is 9.96. The van der Waals surface area contributed by atoms with E-state index in [-0.39, 0.29) is 0 Å². The molecular formula is C14H16N2O5S. The van der Waals surface area contributed by atoms with E-state index in [0.717, 1.165) is 10.1 Å². The van der Waals surface area contributed by atoms with E-state index in [2.05, 4.69) is 4.98 Å². The summed E-state index contributed by atoms with van der Waals surface area (Å²) in [4.78, 5) is 16.2. The molecule has 118 valence electrons. The fourth-order valence-corrected chi connectivity index (χ4v) is 3.20. The summed E-state index contributed by atoms with van der Waals surface area (Å²) in [6, 6.07) is 3.49. The molecule has 1 fully saturated rings. The second-order valence-corrected chi connectivity index (χ2v) is 6.17. The molecule has 22 heavy (non-hydrogen) atoms. The van der Waals surface area contributed by atoms with Gasteiger partial charge in [0.1, 0.15) is 17.8 Å². The van der Waals surface area contributed by atoms with Crippen LogP contribution in [0.5, 0.6) is 0 Å². The molecule has 3 unspecified atom stereocenters. The van der Waals surface area contributed by atoms with Gasteiger partial charge in [-0.3, -0.25) is 4.57 Å². The summed E-state index contributed by atoms with van der Waals surface area (Å²) < 4.78 is 6.53. The lowest BCUT2D eigenvalue weighted by molar-refractivity contribution is -0.0986. The Balaban J connectivity index is 1.98. The van der Waals surface area contributed by atoms with E-state index in [9.17, 15) is 20.1 Å². The van der Waals surface area contributed by atoms with Crippen LogP contribution in [0.3, 0.4) is 0 Å². The first-order valence-electron chi connectivity index (χ1n) is 6.73. The molecule has 2 aromatic rings. The monoisotopic (exact) mass is 324 g/mol. The van der Waals surface area contributed by atoms with Crippen molar-refractivity contribution in [2.24, 2.45) is 0 Å². The molecule has 2 aromatic heterocycles. The molecule has 0 radical (unpaired) electrons. The highest BCUT2D eigenvalue weighted by atomic mass is 32.1. The average Bonchev–Trinajstić information content (AvgIpc) is 3.09. The van der Waals surface area contributed by atoms with Crippen molar-refractivity contribution in [1.82, 2.24) is 9.55 Å². The van der Waals surface area contributed by atoms with Crippen LogP contribution in [0.2, 0.25) is 0 Å². The van der Waals surface area contributed by atoms with Crippen molar-refractivity contribution >= 4 is 11.3 Å². The minimum atomic E-state index is -1.71. The van der Waals surface area contributed by atoms with E-state index in [1.165, 1.54) is 24.5 Å². The van der Waals surface area contributed by atoms with Crippen molar-refractivity contribution in [2.75, 3.05) is 6.61 Å². The van der Waals surface area contributed by atoms with Crippen molar-refractivity contribution in [3.05, 3.63) is 39.6 Å². The molecule has 4 atom stereocenters. The van der Waals surface area contributed by atoms with Gasteiger partial charge >= 0.3 is 5.69 Å². The third kappa shape index (κ3) is 2.38. The Kier molecular flexibility index (Phi) is 3.87. The largest absolute Gasteiger partial charge is 0.394 e. The number of aliphatic hydroxyl groups is 3. The summed E-state index contributed by atoms with van der Waals surface area (Å²) in [5.74, 6) is 0. The van der Waals surface area contributed by atoms with E-state index < -0.39 is 36.3 Å². The van der Waals surface area contributed by atoms with Gasteiger partial charge in [-0.05, 0) is 24.4 Å². The molecule has 0 saturated carbocycles. The van der Waals surface area contributed by atoms with Crippen molar-refractivity contribution in [2.45, 2.75) is 31.0 Å². The normalized spacial score (nSPS) is 31.5. The first-order chi connectivity index (χ1) is 10.4. The van der Waals surface area contributed by atoms with Crippen LogP contribution in [0.15, 0.2) is 33.9 Å². The van der Waals surface area contributed by atoms with Crippen molar-refractivity contribution in [3.8, 4) is 11.3 Å². The Labute approximate surface area is 130 Å². The number of nitrogens with zero attached hydrogens (tertiary/aromatic N) is 2. The maximum absolute atomic E-state index is 12.2. The number of ether oxygens (including phenoxy) is 1. The fraction of sp³-hybridized carbons (Fsp3) is 0.429. The molecule has 1 aliphatic heterocycles. The molecule has 3 rings (SSSR count). The van der Waals surface area contributed by atoms with Crippen LogP contribution in [0, 0.1) is 0 Å². The van der Waals surface area contributed by atoms with Gasteiger partial charge in [-0.2, -0.15) is 16.3 Å². The summed E-state index contributed by atoms with van der Waals surface area (Å²) >= 11 is 1.50. The molecule has 7 nitrogen and oxygen atoms in total. The van der Waals surface area contributed by atoms with E-state index in [1.54, 1.807) is 6.07 Å². The van der Waals surface area contributed by atoms with Crippen LogP contribution in [0.25, 0.3) is 11.3 Å². The number of rotatable bonds is 3. The molecule has 3 N–H and O–H groups in total. The lowest BCUT2D eigenvalue weighted by Gasteiger charge is -2.27. The topological polar surface area (TPSA) is 105 Å². The smallest absolute Gasteiger partial charge is 0.350 e. The third-order valence-corrected chi connectivity index (χ3v) is 4.52. The highest BCUT2D eigenvalue weighted by Gasteiger charge is 2.53. The Morgan fingerprint density at radius 1 is 1.50 bits per heavy atom. The van der Waals surface area contributed by atoms with Crippen molar-refractivity contribution in [3.63, 3.8) is 0 Å². The Bertz CT molecular complexity index is 712. The van der Waals surface area contributed by atoms with Crippen LogP contribution in [-0.4, -0.2) is 49.3 Å². The SMILES string of the molecule is C[C@@]1(O)C(O)C(CO)OC1n1ccc(-c2ccsc2)nc1=O. The zero-order valence-electron chi connectivity index (χ0n) is 11.8. The van der Waals surface area contributed by atoms with E-state index in [0.29, 0.717) is 5.69 Å². The molecule has 0 spiro atoms. The fourth-order valence-electron chi connectivity index (χ4n) is 2.55. The average molecular weight is 324 g/mol. The maximum atomic E-state index is 12.2. The van der Waals surface area contributed by atoms with Gasteiger partial charge in [-0.1, -0.05) is 0 Å². The van der Waals surface area contributed by atoms with Crippen molar-refractivity contribution in [1.29, 1.82) is 0 Å². The third-order valence-electron chi connectivity index (χ3n) is 3.83. The van der Waals surface area contributed by atoms with Crippen LogP contribution >= 0.6 is 11.3 Å². The summed E-state index contributed by atoms with van der Waals surface area (Å²) in [6.45, 7) is 0.903. The van der Waals surface area contributed by atoms with Gasteiger partial charge in [0.2, 0.25) is 0 Å². The molecule has 0 aliphatic carbocycles. The van der Waals surface area contributed by atoms with Gasteiger partial charge in [0.05, 0.1) is 12.3 Å². The number of aliphatic hydroxyl groups excluding tert-OH is 2. The highest BCUT2D eigenvalue weighted by Crippen LogP contribution is 2.37. The number of thiophene rings is 1. The second kappa shape index (κ2) is 5.56. The zero-order valence-corrected chi connectivity index (χ0v) is 12.6. The minimum Gasteiger partial charge on any atom is -0.394 e. The molecule has 1 aliphatic rings. The zero-order chi connectivity index (χ0) is 15.9. The summed E-state index contributed by atoms with van der Waals surface area (Å²) in [7, 11) is 0. The molecule has 8 heteroatoms. The van der Waals surface area contributed by atoms with E-state index in [1.807, 2.05) is 16.8 Å². The molecule has 3 heterocycles. The van der Waals surface area contributed by atoms with E-state index >= 15 is 0 Å². The van der Waals surface area contributed by atoms with Gasteiger partial charge in [-0.25, -0.2) is 4.79 Å². The first kappa shape index (κ1) is 15.3. The number of aromatic nitrogens is 2. The van der Waals surface area contributed by atoms with Crippen LogP contribution in [0.1, 0.15) is 13.2 Å². The number of hydrogen-bond acceptors (Lipinski definition) is 7. The Morgan fingerprint density at radius 3 is 2.82 bits per heavy atom. The molecule has 1 saturated heterocycles. The highest BCUT2D eigenvalue weighted by molar-refractivity contribution is 7.08. The lowest BCUT2D eigenvalue weighted by Crippen LogP contribution is -2.46. The van der Waals surface area contributed by atoms with Crippen LogP contribution in [0.4, 0.5) is 0 Å². The number of hydrogen-bond donors (Lipinski definition) is 3. The predicted octanol–water partition coefficient (Wildman–Crippen LogP) is -0.0266. The Hall–Kier alpha value is -1.58. The molecule has 0 aromatic carbocycles. The van der Waals surface area contributed by atoms with E-state index in [4.69, 9.17) is 4.74 Å². The van der Waals surface area contributed by atoms with Gasteiger partial charge < -0.3 is 20.1 Å². The van der Waals surface area contributed by atoms with Gasteiger partial charge in [0.25, 0.3) is 0 Å². The predicted molar refractivity (Wildman–Crippen MR) is 79.4 cm³/mol. The second-order valence-electron chi connectivity index (χ2n) is 5.39. The molecule has 0 amide bonds. The van der Waals surface area contributed by atoms with Gasteiger partial charge in [-0.15, -0.1) is 0 Å². The van der Waals surface area contributed by atoms with Gasteiger partial charge in [0, 0.05) is 17.1 Å². The summed E-state index contributed by atoms with van der Waals surface area (Å²) in [5, 5.41) is 33.3. The molecular weight excluding hydrogens is 308 g/mol. The summed E-state index contributed by atoms with van der Waals surface area (Å²) in [5.41, 5.74) is -0.941. The van der Waals surface area contributed by atoms with Crippen LogP contribution in [-0.2, 0) is 4.74 Å². The van der Waals surface area contributed by atoms with Crippen LogP contribution < -0.4 is 5.69 Å². The first-order valence-corrected chi connectivity index (χ1v) is 7.68. The standard InChI is InChI=1S/C14H16N2O5S/c1-14(20)11(18)10(6-17)21-12(14)16-4-2-9(15-13(16)19)8-3-5-22-7-8/h2-5,7,10-12,17-18,20H,6H2,1H3/t10?,11?,12?,14-/m1/s1. The van der Waals surface area contributed by atoms with Gasteiger partial charge in [0.15, 0.2) is 6.23 Å². The molecule has 0 bridgehead atoms. The summed E-state index contributed by atoms with van der Waals surface area (Å²) in [6.07, 6.45) is -1.90. The van der Waals surface area contributed by atoms with Crippen molar-refractivity contribution < 1.29 is 20.1 Å². The maximum Gasteiger partial charge on any atom is 0.350 e. The Morgan fingerprint density at radius 2 is 2.27 bits per heavy atom. The quantitative estimate of drug-likeness (QED) is 0.732.